The van der Waals surface area contributed by atoms with Crippen molar-refractivity contribution >= 4 is 12.2 Å². The Hall–Kier alpha value is -2.28. The molecule has 0 aliphatic carbocycles. The van der Waals surface area contributed by atoms with Crippen LogP contribution in [0.25, 0.3) is 0 Å². The molecule has 1 fully saturated rings. The highest BCUT2D eigenvalue weighted by atomic mass is 16.6. The summed E-state index contributed by atoms with van der Waals surface area (Å²) < 4.78 is 10.8. The average molecular weight is 392 g/mol. The monoisotopic (exact) mass is 391 g/mol. The summed E-state index contributed by atoms with van der Waals surface area (Å²) in [6.45, 7) is 13.0. The van der Waals surface area contributed by atoms with Gasteiger partial charge in [0.25, 0.3) is 0 Å². The zero-order valence-corrected chi connectivity index (χ0v) is 17.8. The Labute approximate surface area is 167 Å². The third-order valence-electron chi connectivity index (χ3n) is 4.06. The van der Waals surface area contributed by atoms with Crippen LogP contribution in [0.15, 0.2) is 30.3 Å². The smallest absolute Gasteiger partial charge is 0.429 e. The fourth-order valence-corrected chi connectivity index (χ4v) is 3.00. The van der Waals surface area contributed by atoms with Gasteiger partial charge in [0.1, 0.15) is 11.2 Å². The van der Waals surface area contributed by atoms with E-state index in [1.807, 2.05) is 18.2 Å². The van der Waals surface area contributed by atoms with Crippen molar-refractivity contribution in [1.82, 2.24) is 15.3 Å². The second-order valence-corrected chi connectivity index (χ2v) is 9.13. The van der Waals surface area contributed by atoms with E-state index in [1.165, 1.54) is 10.6 Å². The van der Waals surface area contributed by atoms with Crippen LogP contribution in [0.3, 0.4) is 0 Å². The molecule has 1 aliphatic heterocycles. The molecule has 1 unspecified atom stereocenters. The Morgan fingerprint density at radius 2 is 1.68 bits per heavy atom. The Kier molecular flexibility index (Phi) is 6.93. The van der Waals surface area contributed by atoms with Gasteiger partial charge >= 0.3 is 12.2 Å². The predicted molar refractivity (Wildman–Crippen MR) is 108 cm³/mol. The quantitative estimate of drug-likeness (QED) is 0.791. The third kappa shape index (κ3) is 7.38. The number of ether oxygens (including phenoxy) is 2. The average Bonchev–Trinajstić information content (AvgIpc) is 2.98. The fourth-order valence-electron chi connectivity index (χ4n) is 3.00. The van der Waals surface area contributed by atoms with Crippen molar-refractivity contribution in [3.63, 3.8) is 0 Å². The second kappa shape index (κ2) is 8.82. The molecule has 0 aromatic heterocycles. The SMILES string of the molecule is CC(C)(C)OC(=O)NN(C(=O)OC(C)(C)C)C1CCN(Cc2ccccc2)C1. The van der Waals surface area contributed by atoms with Crippen molar-refractivity contribution < 1.29 is 19.1 Å². The molecule has 7 heteroatoms. The maximum atomic E-state index is 12.7. The number of hydrazine groups is 1. The van der Waals surface area contributed by atoms with Crippen LogP contribution >= 0.6 is 0 Å². The number of amides is 2. The van der Waals surface area contributed by atoms with E-state index in [4.69, 9.17) is 9.47 Å². The minimum atomic E-state index is -0.667. The number of likely N-dealkylation sites (tertiary alicyclic amines) is 1. The van der Waals surface area contributed by atoms with Crippen molar-refractivity contribution in [3.05, 3.63) is 35.9 Å². The number of nitrogens with zero attached hydrogens (tertiary/aromatic N) is 2. The summed E-state index contributed by atoms with van der Waals surface area (Å²) in [5, 5.41) is 1.28. The van der Waals surface area contributed by atoms with Crippen molar-refractivity contribution in [2.75, 3.05) is 13.1 Å². The van der Waals surface area contributed by atoms with E-state index in [1.54, 1.807) is 41.5 Å². The summed E-state index contributed by atoms with van der Waals surface area (Å²) in [5.74, 6) is 0. The van der Waals surface area contributed by atoms with Gasteiger partial charge in [0.2, 0.25) is 0 Å². The molecule has 0 bridgehead atoms. The van der Waals surface area contributed by atoms with Gasteiger partial charge in [-0.05, 0) is 53.5 Å². The minimum absolute atomic E-state index is 0.189. The topological polar surface area (TPSA) is 71.1 Å². The molecule has 1 saturated heterocycles. The van der Waals surface area contributed by atoms with Crippen LogP contribution < -0.4 is 5.43 Å². The van der Waals surface area contributed by atoms with Crippen LogP contribution in [0.2, 0.25) is 0 Å². The van der Waals surface area contributed by atoms with E-state index >= 15 is 0 Å². The number of hydrogen-bond donors (Lipinski definition) is 1. The van der Waals surface area contributed by atoms with Gasteiger partial charge in [-0.15, -0.1) is 0 Å². The Morgan fingerprint density at radius 3 is 2.25 bits per heavy atom. The molecule has 0 radical (unpaired) electrons. The number of rotatable bonds is 3. The van der Waals surface area contributed by atoms with E-state index in [2.05, 4.69) is 22.5 Å². The lowest BCUT2D eigenvalue weighted by atomic mass is 10.2. The van der Waals surface area contributed by atoms with Gasteiger partial charge in [0.05, 0.1) is 6.04 Å². The van der Waals surface area contributed by atoms with E-state index in [9.17, 15) is 9.59 Å². The molecule has 2 amide bonds. The van der Waals surface area contributed by atoms with Crippen LogP contribution in [0.4, 0.5) is 9.59 Å². The predicted octanol–water partition coefficient (Wildman–Crippen LogP) is 3.94. The summed E-state index contributed by atoms with van der Waals surface area (Å²) in [5.41, 5.74) is 2.49. The van der Waals surface area contributed by atoms with Crippen molar-refractivity contribution in [3.8, 4) is 0 Å². The van der Waals surface area contributed by atoms with E-state index in [-0.39, 0.29) is 6.04 Å². The molecular formula is C21H33N3O4. The molecule has 1 heterocycles. The van der Waals surface area contributed by atoms with Gasteiger partial charge in [0.15, 0.2) is 0 Å². The normalized spacial score (nSPS) is 17.9. The van der Waals surface area contributed by atoms with Crippen molar-refractivity contribution in [1.29, 1.82) is 0 Å². The van der Waals surface area contributed by atoms with Gasteiger partial charge in [-0.1, -0.05) is 30.3 Å². The van der Waals surface area contributed by atoms with Gasteiger partial charge in [-0.25, -0.2) is 20.0 Å². The molecule has 1 aromatic carbocycles. The Morgan fingerprint density at radius 1 is 1.07 bits per heavy atom. The highest BCUT2D eigenvalue weighted by molar-refractivity contribution is 5.74. The van der Waals surface area contributed by atoms with E-state index < -0.39 is 23.4 Å². The molecule has 7 nitrogen and oxygen atoms in total. The minimum Gasteiger partial charge on any atom is -0.443 e. The van der Waals surface area contributed by atoms with Crippen LogP contribution in [-0.2, 0) is 16.0 Å². The van der Waals surface area contributed by atoms with Crippen molar-refractivity contribution in [2.24, 2.45) is 0 Å². The molecule has 28 heavy (non-hydrogen) atoms. The molecule has 1 aliphatic rings. The van der Waals surface area contributed by atoms with Gasteiger partial charge < -0.3 is 9.47 Å². The zero-order chi connectivity index (χ0) is 20.9. The lowest BCUT2D eigenvalue weighted by Gasteiger charge is -2.32. The van der Waals surface area contributed by atoms with Crippen LogP contribution in [0, 0.1) is 0 Å². The zero-order valence-electron chi connectivity index (χ0n) is 17.8. The number of nitrogens with one attached hydrogen (secondary N) is 1. The first-order valence-corrected chi connectivity index (χ1v) is 9.71. The highest BCUT2D eigenvalue weighted by Crippen LogP contribution is 2.20. The molecule has 1 N–H and O–H groups in total. The number of benzene rings is 1. The number of carbonyl (C=O) groups excluding carboxylic acids is 2. The van der Waals surface area contributed by atoms with Gasteiger partial charge in [0, 0.05) is 19.6 Å². The Balaban J connectivity index is 2.05. The highest BCUT2D eigenvalue weighted by Gasteiger charge is 2.35. The van der Waals surface area contributed by atoms with Crippen LogP contribution in [0.5, 0.6) is 0 Å². The van der Waals surface area contributed by atoms with Gasteiger partial charge in [-0.3, -0.25) is 4.90 Å². The Bertz CT molecular complexity index is 664. The van der Waals surface area contributed by atoms with E-state index in [0.29, 0.717) is 6.54 Å². The van der Waals surface area contributed by atoms with E-state index in [0.717, 1.165) is 19.5 Å². The second-order valence-electron chi connectivity index (χ2n) is 9.13. The lowest BCUT2D eigenvalue weighted by molar-refractivity contribution is -0.00861. The first kappa shape index (κ1) is 22.0. The summed E-state index contributed by atoms with van der Waals surface area (Å²) in [7, 11) is 0. The standard InChI is InChI=1S/C21H33N3O4/c1-20(2,3)27-18(25)22-24(19(26)28-21(4,5)6)17-12-13-23(15-17)14-16-10-8-7-9-11-16/h7-11,17H,12-15H2,1-6H3,(H,22,25). The molecule has 156 valence electrons. The molecule has 0 spiro atoms. The fraction of sp³-hybridized carbons (Fsp3) is 0.619. The first-order valence-electron chi connectivity index (χ1n) is 9.71. The largest absolute Gasteiger partial charge is 0.443 e. The molecule has 0 saturated carbocycles. The van der Waals surface area contributed by atoms with Crippen LogP contribution in [0.1, 0.15) is 53.5 Å². The summed E-state index contributed by atoms with van der Waals surface area (Å²) in [4.78, 5) is 27.3. The van der Waals surface area contributed by atoms with Gasteiger partial charge in [-0.2, -0.15) is 0 Å². The summed E-state index contributed by atoms with van der Waals surface area (Å²) in [6.07, 6.45) is -0.508. The lowest BCUT2D eigenvalue weighted by Crippen LogP contribution is -2.55. The molecule has 1 aromatic rings. The van der Waals surface area contributed by atoms with Crippen molar-refractivity contribution in [2.45, 2.75) is 71.8 Å². The maximum Gasteiger partial charge on any atom is 0.429 e. The molecule has 2 rings (SSSR count). The number of hydrogen-bond acceptors (Lipinski definition) is 5. The maximum absolute atomic E-state index is 12.7. The molecule has 1 atom stereocenters. The summed E-state index contributed by atoms with van der Waals surface area (Å²) >= 11 is 0. The number of carbonyl (C=O) groups is 2. The first-order chi connectivity index (χ1) is 12.9. The third-order valence-corrected chi connectivity index (χ3v) is 4.06. The summed E-state index contributed by atoms with van der Waals surface area (Å²) in [6, 6.07) is 9.99. The molecular weight excluding hydrogens is 358 g/mol. The van der Waals surface area contributed by atoms with Crippen LogP contribution in [-0.4, -0.2) is 52.4 Å².